The van der Waals surface area contributed by atoms with E-state index in [4.69, 9.17) is 11.6 Å². The van der Waals surface area contributed by atoms with Gasteiger partial charge in [0.15, 0.2) is 5.82 Å². The van der Waals surface area contributed by atoms with Crippen molar-refractivity contribution in [1.29, 1.82) is 0 Å². The highest BCUT2D eigenvalue weighted by molar-refractivity contribution is 6.30. The number of imidazole rings is 1. The lowest BCUT2D eigenvalue weighted by Crippen LogP contribution is -2.10. The Hall–Kier alpha value is -1.68. The molecule has 2 aromatic rings. The van der Waals surface area contributed by atoms with Gasteiger partial charge in [0.2, 0.25) is 5.78 Å². The second kappa shape index (κ2) is 4.06. The van der Waals surface area contributed by atoms with Crippen molar-refractivity contribution in [3.8, 4) is 0 Å². The molecule has 0 saturated heterocycles. The highest BCUT2D eigenvalue weighted by Crippen LogP contribution is 2.17. The SMILES string of the molecule is Cn1ccnc1C(=O)c1ccc(Cl)cc1F. The van der Waals surface area contributed by atoms with E-state index in [9.17, 15) is 9.18 Å². The molecule has 0 aliphatic heterocycles. The van der Waals surface area contributed by atoms with Crippen molar-refractivity contribution in [3.05, 3.63) is 52.8 Å². The summed E-state index contributed by atoms with van der Waals surface area (Å²) in [6, 6.07) is 3.94. The summed E-state index contributed by atoms with van der Waals surface area (Å²) in [7, 11) is 1.67. The van der Waals surface area contributed by atoms with E-state index in [1.165, 1.54) is 22.9 Å². The largest absolute Gasteiger partial charge is 0.331 e. The zero-order chi connectivity index (χ0) is 11.7. The highest BCUT2D eigenvalue weighted by atomic mass is 35.5. The Morgan fingerprint density at radius 2 is 2.25 bits per heavy atom. The lowest BCUT2D eigenvalue weighted by atomic mass is 10.1. The first-order chi connectivity index (χ1) is 7.59. The first-order valence-corrected chi connectivity index (χ1v) is 4.94. The molecule has 0 aliphatic carbocycles. The van der Waals surface area contributed by atoms with Crippen LogP contribution in [0.4, 0.5) is 4.39 Å². The number of hydrogen-bond donors (Lipinski definition) is 0. The second-order valence-corrected chi connectivity index (χ2v) is 3.75. The molecule has 16 heavy (non-hydrogen) atoms. The molecule has 1 aromatic carbocycles. The Labute approximate surface area is 96.5 Å². The van der Waals surface area contributed by atoms with Gasteiger partial charge in [-0.25, -0.2) is 9.37 Å². The molecule has 0 amide bonds. The van der Waals surface area contributed by atoms with Gasteiger partial charge < -0.3 is 4.57 Å². The van der Waals surface area contributed by atoms with Crippen molar-refractivity contribution in [2.75, 3.05) is 0 Å². The second-order valence-electron chi connectivity index (χ2n) is 3.32. The van der Waals surface area contributed by atoms with E-state index in [-0.39, 0.29) is 16.4 Å². The minimum Gasteiger partial charge on any atom is -0.331 e. The number of carbonyl (C=O) groups is 1. The van der Waals surface area contributed by atoms with Crippen LogP contribution in [-0.4, -0.2) is 15.3 Å². The maximum atomic E-state index is 13.5. The van der Waals surface area contributed by atoms with E-state index >= 15 is 0 Å². The summed E-state index contributed by atoms with van der Waals surface area (Å²) in [6.45, 7) is 0. The Morgan fingerprint density at radius 1 is 1.50 bits per heavy atom. The quantitative estimate of drug-likeness (QED) is 0.754. The molecule has 0 N–H and O–H groups in total. The number of aromatic nitrogens is 2. The monoisotopic (exact) mass is 238 g/mol. The van der Waals surface area contributed by atoms with Gasteiger partial charge in [0.05, 0.1) is 5.56 Å². The first-order valence-electron chi connectivity index (χ1n) is 4.56. The van der Waals surface area contributed by atoms with Gasteiger partial charge in [0.25, 0.3) is 0 Å². The van der Waals surface area contributed by atoms with Crippen LogP contribution in [0.1, 0.15) is 16.2 Å². The molecule has 0 spiro atoms. The third kappa shape index (κ3) is 1.84. The minimum absolute atomic E-state index is 0.0290. The topological polar surface area (TPSA) is 34.9 Å². The zero-order valence-electron chi connectivity index (χ0n) is 8.45. The molecule has 1 heterocycles. The molecule has 82 valence electrons. The van der Waals surface area contributed by atoms with Crippen LogP contribution in [0.2, 0.25) is 5.02 Å². The standard InChI is InChI=1S/C11H8ClFN2O/c1-15-5-4-14-11(15)10(16)8-3-2-7(12)6-9(8)13/h2-6H,1H3. The molecule has 0 unspecified atom stereocenters. The maximum absolute atomic E-state index is 13.5. The smallest absolute Gasteiger partial charge is 0.231 e. The van der Waals surface area contributed by atoms with Gasteiger partial charge in [0, 0.05) is 24.5 Å². The predicted octanol–water partition coefficient (Wildman–Crippen LogP) is 2.44. The lowest BCUT2D eigenvalue weighted by molar-refractivity contribution is 0.102. The summed E-state index contributed by atoms with van der Waals surface area (Å²) < 4.78 is 15.0. The number of rotatable bonds is 2. The van der Waals surface area contributed by atoms with E-state index in [0.29, 0.717) is 0 Å². The summed E-state index contributed by atoms with van der Waals surface area (Å²) in [6.07, 6.45) is 3.11. The third-order valence-corrected chi connectivity index (χ3v) is 2.44. The molecule has 0 atom stereocenters. The van der Waals surface area contributed by atoms with Gasteiger partial charge in [-0.3, -0.25) is 4.79 Å². The summed E-state index contributed by atoms with van der Waals surface area (Å²) in [5, 5.41) is 0.258. The molecule has 0 saturated carbocycles. The van der Waals surface area contributed by atoms with Crippen LogP contribution in [0.25, 0.3) is 0 Å². The summed E-state index contributed by atoms with van der Waals surface area (Å²) in [5.74, 6) is -0.900. The van der Waals surface area contributed by atoms with Crippen molar-refractivity contribution in [3.63, 3.8) is 0 Å². The lowest BCUT2D eigenvalue weighted by Gasteiger charge is -2.02. The average molecular weight is 239 g/mol. The van der Waals surface area contributed by atoms with E-state index in [2.05, 4.69) is 4.98 Å². The fourth-order valence-corrected chi connectivity index (χ4v) is 1.54. The maximum Gasteiger partial charge on any atom is 0.231 e. The van der Waals surface area contributed by atoms with Gasteiger partial charge in [-0.05, 0) is 18.2 Å². The molecule has 1 aromatic heterocycles. The molecule has 5 heteroatoms. The Morgan fingerprint density at radius 3 is 2.81 bits per heavy atom. The third-order valence-electron chi connectivity index (χ3n) is 2.20. The fourth-order valence-electron chi connectivity index (χ4n) is 1.38. The molecule has 0 radical (unpaired) electrons. The van der Waals surface area contributed by atoms with Crippen molar-refractivity contribution < 1.29 is 9.18 Å². The van der Waals surface area contributed by atoms with Crippen molar-refractivity contribution in [2.45, 2.75) is 0 Å². The number of ketones is 1. The van der Waals surface area contributed by atoms with Gasteiger partial charge >= 0.3 is 0 Å². The molecule has 0 aliphatic rings. The number of hydrogen-bond acceptors (Lipinski definition) is 2. The zero-order valence-corrected chi connectivity index (χ0v) is 9.20. The molecular formula is C11H8ClFN2O. The van der Waals surface area contributed by atoms with E-state index in [1.54, 1.807) is 13.2 Å². The van der Waals surface area contributed by atoms with Crippen molar-refractivity contribution >= 4 is 17.4 Å². The van der Waals surface area contributed by atoms with Crippen LogP contribution in [0, 0.1) is 5.82 Å². The van der Waals surface area contributed by atoms with Gasteiger partial charge in [-0.2, -0.15) is 0 Å². The Kier molecular flexibility index (Phi) is 2.75. The number of aryl methyl sites for hydroxylation is 1. The van der Waals surface area contributed by atoms with Crippen molar-refractivity contribution in [2.24, 2.45) is 7.05 Å². The van der Waals surface area contributed by atoms with E-state index < -0.39 is 11.6 Å². The highest BCUT2D eigenvalue weighted by Gasteiger charge is 2.17. The van der Waals surface area contributed by atoms with Crippen LogP contribution in [0.3, 0.4) is 0 Å². The molecule has 0 fully saturated rings. The summed E-state index contributed by atoms with van der Waals surface area (Å²) in [4.78, 5) is 15.8. The summed E-state index contributed by atoms with van der Waals surface area (Å²) >= 11 is 5.61. The minimum atomic E-state index is -0.638. The Bertz CT molecular complexity index is 551. The molecular weight excluding hydrogens is 231 g/mol. The number of carbonyl (C=O) groups excluding carboxylic acids is 1. The molecule has 0 bridgehead atoms. The predicted molar refractivity (Wildman–Crippen MR) is 58.1 cm³/mol. The molecule has 2 rings (SSSR count). The average Bonchev–Trinajstić information content (AvgIpc) is 2.63. The van der Waals surface area contributed by atoms with Crippen LogP contribution < -0.4 is 0 Å². The normalized spacial score (nSPS) is 10.4. The van der Waals surface area contributed by atoms with Gasteiger partial charge in [-0.1, -0.05) is 11.6 Å². The van der Waals surface area contributed by atoms with Gasteiger partial charge in [-0.15, -0.1) is 0 Å². The first kappa shape index (κ1) is 10.8. The van der Waals surface area contributed by atoms with E-state index in [1.807, 2.05) is 0 Å². The number of halogens is 2. The fraction of sp³-hybridized carbons (Fsp3) is 0.0909. The van der Waals surface area contributed by atoms with Gasteiger partial charge in [0.1, 0.15) is 5.82 Å². The summed E-state index contributed by atoms with van der Waals surface area (Å²) in [5.41, 5.74) is -0.0290. The molecule has 3 nitrogen and oxygen atoms in total. The van der Waals surface area contributed by atoms with Crippen LogP contribution in [0.15, 0.2) is 30.6 Å². The Balaban J connectivity index is 2.46. The van der Waals surface area contributed by atoms with Crippen molar-refractivity contribution in [1.82, 2.24) is 9.55 Å². The van der Waals surface area contributed by atoms with Crippen LogP contribution >= 0.6 is 11.6 Å². The van der Waals surface area contributed by atoms with E-state index in [0.717, 1.165) is 6.07 Å². The van der Waals surface area contributed by atoms with Crippen LogP contribution in [-0.2, 0) is 7.05 Å². The number of nitrogens with zero attached hydrogens (tertiary/aromatic N) is 2. The number of benzene rings is 1. The van der Waals surface area contributed by atoms with Crippen LogP contribution in [0.5, 0.6) is 0 Å².